The van der Waals surface area contributed by atoms with Gasteiger partial charge in [0.25, 0.3) is 5.19 Å². The Morgan fingerprint density at radius 2 is 1.94 bits per heavy atom. The molecule has 0 bridgehead atoms. The zero-order chi connectivity index (χ0) is 12.4. The maximum Gasteiger partial charge on any atom is 0.294 e. The molecule has 1 aromatic rings. The van der Waals surface area contributed by atoms with Crippen molar-refractivity contribution in [1.29, 1.82) is 0 Å². The highest BCUT2D eigenvalue weighted by Gasteiger charge is 2.22. The molecule has 3 rings (SSSR count). The molecular formula is C13H21N3OS. The molecule has 1 N–H and O–H groups in total. The maximum atomic E-state index is 5.92. The Kier molecular flexibility index (Phi) is 3.80. The first-order valence-electron chi connectivity index (χ1n) is 7.02. The summed E-state index contributed by atoms with van der Waals surface area (Å²) < 4.78 is 5.92. The third-order valence-electron chi connectivity index (χ3n) is 3.80. The summed E-state index contributed by atoms with van der Waals surface area (Å²) in [4.78, 5) is 0. The van der Waals surface area contributed by atoms with Crippen LogP contribution in [0.4, 0.5) is 0 Å². The van der Waals surface area contributed by atoms with Gasteiger partial charge in [-0.2, -0.15) is 0 Å². The van der Waals surface area contributed by atoms with Crippen molar-refractivity contribution in [3.8, 4) is 5.19 Å². The predicted octanol–water partition coefficient (Wildman–Crippen LogP) is 2.75. The Hall–Kier alpha value is -0.680. The minimum Gasteiger partial charge on any atom is -0.466 e. The van der Waals surface area contributed by atoms with E-state index in [0.717, 1.165) is 41.5 Å². The van der Waals surface area contributed by atoms with Crippen LogP contribution < -0.4 is 10.1 Å². The molecule has 100 valence electrons. The zero-order valence-corrected chi connectivity index (χ0v) is 11.7. The van der Waals surface area contributed by atoms with Gasteiger partial charge >= 0.3 is 0 Å². The number of hydrogen-bond donors (Lipinski definition) is 1. The molecule has 0 aromatic carbocycles. The Labute approximate surface area is 112 Å². The third-order valence-corrected chi connectivity index (χ3v) is 4.61. The number of nitrogens with one attached hydrogen (secondary N) is 1. The first-order chi connectivity index (χ1) is 8.79. The lowest BCUT2D eigenvalue weighted by atomic mass is 9.89. The fraction of sp³-hybridized carbons (Fsp3) is 0.846. The van der Waals surface area contributed by atoms with Crippen molar-refractivity contribution < 1.29 is 4.74 Å². The van der Waals surface area contributed by atoms with E-state index >= 15 is 0 Å². The monoisotopic (exact) mass is 267 g/mol. The van der Waals surface area contributed by atoms with Crippen molar-refractivity contribution >= 4 is 11.3 Å². The maximum absolute atomic E-state index is 5.92. The number of ether oxygens (including phenoxy) is 1. The lowest BCUT2D eigenvalue weighted by molar-refractivity contribution is 0.134. The standard InChI is InChI=1S/C13H21N3OS/c1-9-2-6-11(7-3-9)17-13-16-15-12(18-13)8-14-10-4-5-10/h9-11,14H,2-8H2,1H3. The van der Waals surface area contributed by atoms with Gasteiger partial charge in [0.2, 0.25) is 0 Å². The van der Waals surface area contributed by atoms with E-state index in [9.17, 15) is 0 Å². The Morgan fingerprint density at radius 3 is 2.67 bits per heavy atom. The second-order valence-corrected chi connectivity index (χ2v) is 6.64. The van der Waals surface area contributed by atoms with Crippen LogP contribution in [-0.4, -0.2) is 22.3 Å². The van der Waals surface area contributed by atoms with Gasteiger partial charge in [0.1, 0.15) is 11.1 Å². The van der Waals surface area contributed by atoms with Gasteiger partial charge < -0.3 is 10.1 Å². The summed E-state index contributed by atoms with van der Waals surface area (Å²) in [6.45, 7) is 3.16. The van der Waals surface area contributed by atoms with Gasteiger partial charge in [-0.05, 0) is 44.4 Å². The van der Waals surface area contributed by atoms with Crippen molar-refractivity contribution in [2.24, 2.45) is 5.92 Å². The molecule has 2 aliphatic rings. The van der Waals surface area contributed by atoms with Gasteiger partial charge in [-0.1, -0.05) is 23.4 Å². The molecule has 1 aromatic heterocycles. The fourth-order valence-electron chi connectivity index (χ4n) is 2.37. The lowest BCUT2D eigenvalue weighted by Crippen LogP contribution is -2.22. The average molecular weight is 267 g/mol. The molecule has 0 saturated heterocycles. The van der Waals surface area contributed by atoms with Gasteiger partial charge in [0, 0.05) is 6.04 Å². The summed E-state index contributed by atoms with van der Waals surface area (Å²) >= 11 is 1.59. The molecule has 0 amide bonds. The zero-order valence-electron chi connectivity index (χ0n) is 10.9. The van der Waals surface area contributed by atoms with E-state index in [0.29, 0.717) is 6.10 Å². The van der Waals surface area contributed by atoms with E-state index in [1.54, 1.807) is 11.3 Å². The van der Waals surface area contributed by atoms with Crippen LogP contribution in [0.2, 0.25) is 0 Å². The molecular weight excluding hydrogens is 246 g/mol. The summed E-state index contributed by atoms with van der Waals surface area (Å²) in [5.41, 5.74) is 0. The first kappa shape index (κ1) is 12.4. The highest BCUT2D eigenvalue weighted by molar-refractivity contribution is 7.13. The highest BCUT2D eigenvalue weighted by atomic mass is 32.1. The smallest absolute Gasteiger partial charge is 0.294 e. The van der Waals surface area contributed by atoms with Crippen LogP contribution in [0.25, 0.3) is 0 Å². The van der Waals surface area contributed by atoms with Crippen molar-refractivity contribution in [3.05, 3.63) is 5.01 Å². The molecule has 0 atom stereocenters. The van der Waals surface area contributed by atoms with Crippen molar-refractivity contribution in [1.82, 2.24) is 15.5 Å². The van der Waals surface area contributed by atoms with Crippen molar-refractivity contribution in [3.63, 3.8) is 0 Å². The topological polar surface area (TPSA) is 47.0 Å². The van der Waals surface area contributed by atoms with E-state index < -0.39 is 0 Å². The molecule has 18 heavy (non-hydrogen) atoms. The van der Waals surface area contributed by atoms with Crippen molar-refractivity contribution in [2.45, 2.75) is 64.1 Å². The molecule has 2 saturated carbocycles. The van der Waals surface area contributed by atoms with E-state index in [1.165, 1.54) is 25.7 Å². The summed E-state index contributed by atoms with van der Waals surface area (Å²) in [5, 5.41) is 13.6. The SMILES string of the molecule is CC1CCC(Oc2nnc(CNC3CC3)s2)CC1. The van der Waals surface area contributed by atoms with Crippen LogP contribution in [-0.2, 0) is 6.54 Å². The second kappa shape index (κ2) is 5.53. The summed E-state index contributed by atoms with van der Waals surface area (Å²) in [6.07, 6.45) is 7.86. The molecule has 2 fully saturated rings. The van der Waals surface area contributed by atoms with Crippen LogP contribution in [0.1, 0.15) is 50.5 Å². The normalized spacial score (nSPS) is 28.3. The van der Waals surface area contributed by atoms with Gasteiger partial charge in [-0.15, -0.1) is 5.10 Å². The molecule has 0 radical (unpaired) electrons. The van der Waals surface area contributed by atoms with Crippen LogP contribution in [0.15, 0.2) is 0 Å². The quantitative estimate of drug-likeness (QED) is 0.891. The fourth-order valence-corrected chi connectivity index (χ4v) is 3.07. The van der Waals surface area contributed by atoms with Gasteiger partial charge in [-0.3, -0.25) is 0 Å². The molecule has 0 aliphatic heterocycles. The Bertz CT molecular complexity index is 383. The van der Waals surface area contributed by atoms with Crippen LogP contribution >= 0.6 is 11.3 Å². The van der Waals surface area contributed by atoms with E-state index in [-0.39, 0.29) is 0 Å². The predicted molar refractivity (Wildman–Crippen MR) is 71.8 cm³/mol. The number of nitrogens with zero attached hydrogens (tertiary/aromatic N) is 2. The van der Waals surface area contributed by atoms with Gasteiger partial charge in [0.05, 0.1) is 6.54 Å². The van der Waals surface area contributed by atoms with E-state index in [4.69, 9.17) is 4.74 Å². The minimum atomic E-state index is 0.360. The molecule has 0 spiro atoms. The lowest BCUT2D eigenvalue weighted by Gasteiger charge is -2.25. The second-order valence-electron chi connectivity index (χ2n) is 5.62. The Morgan fingerprint density at radius 1 is 1.17 bits per heavy atom. The molecule has 0 unspecified atom stereocenters. The Balaban J connectivity index is 1.46. The number of rotatable bonds is 5. The van der Waals surface area contributed by atoms with Gasteiger partial charge in [0.15, 0.2) is 0 Å². The number of aromatic nitrogens is 2. The molecule has 4 nitrogen and oxygen atoms in total. The third kappa shape index (κ3) is 3.42. The molecule has 2 aliphatic carbocycles. The van der Waals surface area contributed by atoms with Crippen LogP contribution in [0.3, 0.4) is 0 Å². The summed E-state index contributed by atoms with van der Waals surface area (Å²) in [6, 6.07) is 0.720. The minimum absolute atomic E-state index is 0.360. The van der Waals surface area contributed by atoms with Crippen molar-refractivity contribution in [2.75, 3.05) is 0 Å². The largest absolute Gasteiger partial charge is 0.466 e. The van der Waals surface area contributed by atoms with E-state index in [2.05, 4.69) is 22.4 Å². The summed E-state index contributed by atoms with van der Waals surface area (Å²) in [7, 11) is 0. The molecule has 5 heteroatoms. The number of hydrogen-bond acceptors (Lipinski definition) is 5. The van der Waals surface area contributed by atoms with Crippen LogP contribution in [0.5, 0.6) is 5.19 Å². The first-order valence-corrected chi connectivity index (χ1v) is 7.83. The summed E-state index contributed by atoms with van der Waals surface area (Å²) in [5.74, 6) is 0.859. The highest BCUT2D eigenvalue weighted by Crippen LogP contribution is 2.28. The molecule has 1 heterocycles. The average Bonchev–Trinajstić information content (AvgIpc) is 3.10. The van der Waals surface area contributed by atoms with Gasteiger partial charge in [-0.25, -0.2) is 0 Å². The van der Waals surface area contributed by atoms with E-state index in [1.807, 2.05) is 0 Å². The van der Waals surface area contributed by atoms with Crippen LogP contribution in [0, 0.1) is 5.92 Å².